The summed E-state index contributed by atoms with van der Waals surface area (Å²) < 4.78 is 38.8. The fourth-order valence-electron chi connectivity index (χ4n) is 4.93. The second kappa shape index (κ2) is 10.7. The second-order valence-corrected chi connectivity index (χ2v) is 9.64. The maximum Gasteiger partial charge on any atom is 0.416 e. The molecule has 1 saturated heterocycles. The predicted molar refractivity (Wildman–Crippen MR) is 142 cm³/mol. The molecule has 3 aliphatic rings. The molecule has 1 fully saturated rings. The summed E-state index contributed by atoms with van der Waals surface area (Å²) in [5, 5.41) is 5.29. The number of amides is 2. The molecular formula is C27H28F3N8O2+. The lowest BCUT2D eigenvalue weighted by Gasteiger charge is -2.33. The van der Waals surface area contributed by atoms with Gasteiger partial charge in [0, 0.05) is 31.4 Å². The standard InChI is InChI=1S/C27H27F3N8O2/c1-2-33-25(39)19-4-3-12-37(16-19)23-21-15-32-11-13-38(21,31)24(36-23)17-5-7-18(8-6-17)26(40)35-22-14-20(9-10-34-22)27(28,29)30/h5-11,13-15,19H,2-4,12,16,31H2,1H3,(H-,33,34,35,39,40)/p+1. The number of amidine groups is 1. The molecule has 2 atom stereocenters. The number of benzene rings is 1. The highest BCUT2D eigenvalue weighted by Gasteiger charge is 2.46. The van der Waals surface area contributed by atoms with Crippen LogP contribution in [0.15, 0.2) is 76.5 Å². The Kier molecular flexibility index (Phi) is 7.25. The van der Waals surface area contributed by atoms with Crippen molar-refractivity contribution in [2.45, 2.75) is 25.9 Å². The number of fused-ring (bicyclic) bond motifs is 1. The Hall–Kier alpha value is -4.36. The molecule has 3 aliphatic heterocycles. The fraction of sp³-hybridized carbons (Fsp3) is 0.296. The summed E-state index contributed by atoms with van der Waals surface area (Å²) in [5.74, 6) is 6.98. The lowest BCUT2D eigenvalue weighted by atomic mass is 9.97. The number of allylic oxidation sites excluding steroid dienone is 1. The number of rotatable bonds is 6. The Morgan fingerprint density at radius 2 is 1.98 bits per heavy atom. The molecule has 0 aliphatic carbocycles. The predicted octanol–water partition coefficient (Wildman–Crippen LogP) is 3.38. The van der Waals surface area contributed by atoms with E-state index < -0.39 is 17.6 Å². The monoisotopic (exact) mass is 553 g/mol. The topological polar surface area (TPSA) is 125 Å². The van der Waals surface area contributed by atoms with Crippen LogP contribution in [-0.4, -0.2) is 58.0 Å². The maximum atomic E-state index is 13.0. The number of likely N-dealkylation sites (tertiary alicyclic amines) is 1. The van der Waals surface area contributed by atoms with Crippen LogP contribution in [0.2, 0.25) is 0 Å². The first-order chi connectivity index (χ1) is 19.1. The Morgan fingerprint density at radius 1 is 1.20 bits per heavy atom. The summed E-state index contributed by atoms with van der Waals surface area (Å²) in [6, 6.07) is 8.04. The molecule has 208 valence electrons. The largest absolute Gasteiger partial charge is 0.416 e. The SMILES string of the molecule is CCNC(=O)C1CCCN(C2=C3C=NC=C[N+]3(N)C(c3ccc(C(=O)Nc4cc(C(F)(F)F)ccn4)cc3)=N2)C1. The van der Waals surface area contributed by atoms with Gasteiger partial charge in [0.1, 0.15) is 12.0 Å². The van der Waals surface area contributed by atoms with E-state index in [4.69, 9.17) is 10.8 Å². The van der Waals surface area contributed by atoms with E-state index in [1.54, 1.807) is 42.9 Å². The number of pyridine rings is 1. The molecule has 40 heavy (non-hydrogen) atoms. The molecule has 0 spiro atoms. The van der Waals surface area contributed by atoms with Gasteiger partial charge in [-0.1, -0.05) is 0 Å². The highest BCUT2D eigenvalue weighted by molar-refractivity contribution is 6.05. The number of aromatic nitrogens is 1. The summed E-state index contributed by atoms with van der Waals surface area (Å²) in [6.07, 6.45) is 2.99. The molecule has 13 heteroatoms. The van der Waals surface area contributed by atoms with Crippen LogP contribution < -0.4 is 16.5 Å². The van der Waals surface area contributed by atoms with E-state index in [0.29, 0.717) is 42.6 Å². The second-order valence-electron chi connectivity index (χ2n) is 9.64. The Morgan fingerprint density at radius 3 is 2.70 bits per heavy atom. The van der Waals surface area contributed by atoms with E-state index in [0.717, 1.165) is 31.2 Å². The van der Waals surface area contributed by atoms with E-state index >= 15 is 0 Å². The molecule has 1 aromatic carbocycles. The highest BCUT2D eigenvalue weighted by atomic mass is 19.4. The van der Waals surface area contributed by atoms with Crippen molar-refractivity contribution >= 4 is 29.7 Å². The number of aliphatic imine (C=N–C) groups is 2. The fourth-order valence-corrected chi connectivity index (χ4v) is 4.93. The van der Waals surface area contributed by atoms with Gasteiger partial charge in [0.2, 0.25) is 17.4 Å². The van der Waals surface area contributed by atoms with Crippen LogP contribution in [0.1, 0.15) is 41.3 Å². The number of carbonyl (C=O) groups is 2. The lowest BCUT2D eigenvalue weighted by Crippen LogP contribution is -2.53. The van der Waals surface area contributed by atoms with Gasteiger partial charge in [0.25, 0.3) is 11.7 Å². The van der Waals surface area contributed by atoms with Crippen LogP contribution in [0.4, 0.5) is 19.0 Å². The Labute approximate surface area is 228 Å². The van der Waals surface area contributed by atoms with E-state index in [-0.39, 0.29) is 27.8 Å². The van der Waals surface area contributed by atoms with Crippen molar-refractivity contribution in [2.24, 2.45) is 21.7 Å². The van der Waals surface area contributed by atoms with Crippen LogP contribution in [0.25, 0.3) is 0 Å². The van der Waals surface area contributed by atoms with Crippen LogP contribution in [0.3, 0.4) is 0 Å². The minimum atomic E-state index is -4.55. The van der Waals surface area contributed by atoms with Crippen molar-refractivity contribution < 1.29 is 27.4 Å². The molecular weight excluding hydrogens is 525 g/mol. The summed E-state index contributed by atoms with van der Waals surface area (Å²) in [6.45, 7) is 3.67. The molecule has 0 radical (unpaired) electrons. The number of hydrogen-bond acceptors (Lipinski definition) is 7. The first-order valence-electron chi connectivity index (χ1n) is 12.8. The number of alkyl halides is 3. The molecule has 4 N–H and O–H groups in total. The molecule has 2 aromatic rings. The highest BCUT2D eigenvalue weighted by Crippen LogP contribution is 2.35. The van der Waals surface area contributed by atoms with Crippen LogP contribution in [0.5, 0.6) is 0 Å². The van der Waals surface area contributed by atoms with Gasteiger partial charge >= 0.3 is 6.18 Å². The van der Waals surface area contributed by atoms with E-state index in [2.05, 4.69) is 25.5 Å². The summed E-state index contributed by atoms with van der Waals surface area (Å²) >= 11 is 0. The van der Waals surface area contributed by atoms with Gasteiger partial charge in [-0.2, -0.15) is 24.0 Å². The zero-order valence-corrected chi connectivity index (χ0v) is 21.7. The number of hydrogen-bond donors (Lipinski definition) is 3. The smallest absolute Gasteiger partial charge is 0.356 e. The first-order valence-corrected chi connectivity index (χ1v) is 12.8. The van der Waals surface area contributed by atoms with Crippen LogP contribution >= 0.6 is 0 Å². The third kappa shape index (κ3) is 5.25. The molecule has 2 unspecified atom stereocenters. The average Bonchev–Trinajstić information content (AvgIpc) is 3.26. The Bertz CT molecular complexity index is 1450. The summed E-state index contributed by atoms with van der Waals surface area (Å²) in [4.78, 5) is 40.2. The van der Waals surface area contributed by atoms with Crippen molar-refractivity contribution in [1.29, 1.82) is 0 Å². The van der Waals surface area contributed by atoms with Crippen molar-refractivity contribution in [3.8, 4) is 0 Å². The molecule has 0 bridgehead atoms. The number of piperidine rings is 1. The van der Waals surface area contributed by atoms with Gasteiger partial charge in [-0.3, -0.25) is 14.6 Å². The van der Waals surface area contributed by atoms with Gasteiger partial charge in [0.05, 0.1) is 29.5 Å². The van der Waals surface area contributed by atoms with Crippen molar-refractivity contribution in [3.63, 3.8) is 0 Å². The quantitative estimate of drug-likeness (QED) is 0.374. The number of quaternary nitrogens is 1. The van der Waals surface area contributed by atoms with Crippen molar-refractivity contribution in [3.05, 3.63) is 83.2 Å². The summed E-state index contributed by atoms with van der Waals surface area (Å²) in [7, 11) is 0. The van der Waals surface area contributed by atoms with E-state index in [1.165, 1.54) is 0 Å². The molecule has 4 heterocycles. The van der Waals surface area contributed by atoms with Gasteiger partial charge in [-0.05, 0) is 56.2 Å². The van der Waals surface area contributed by atoms with Gasteiger partial charge < -0.3 is 15.5 Å². The van der Waals surface area contributed by atoms with Gasteiger partial charge in [-0.25, -0.2) is 4.98 Å². The zero-order valence-electron chi connectivity index (χ0n) is 21.7. The number of halogens is 3. The van der Waals surface area contributed by atoms with Crippen molar-refractivity contribution in [2.75, 3.05) is 25.0 Å². The van der Waals surface area contributed by atoms with Gasteiger partial charge in [0.15, 0.2) is 0 Å². The average molecular weight is 554 g/mol. The number of anilines is 1. The number of nitrogens with zero attached hydrogens (tertiary/aromatic N) is 5. The third-order valence-corrected chi connectivity index (χ3v) is 6.95. The molecule has 1 aromatic heterocycles. The van der Waals surface area contributed by atoms with Crippen molar-refractivity contribution in [1.82, 2.24) is 15.2 Å². The zero-order chi connectivity index (χ0) is 28.5. The number of carbonyl (C=O) groups excluding carboxylic acids is 2. The number of nitrogens with two attached hydrogens (primary N) is 1. The van der Waals surface area contributed by atoms with Gasteiger partial charge in [-0.15, -0.1) is 4.59 Å². The minimum Gasteiger partial charge on any atom is -0.356 e. The van der Waals surface area contributed by atoms with E-state index in [1.807, 2.05) is 6.92 Å². The van der Waals surface area contributed by atoms with Crippen LogP contribution in [-0.2, 0) is 11.0 Å². The first kappa shape index (κ1) is 27.2. The number of nitrogens with one attached hydrogen (secondary N) is 2. The molecule has 5 rings (SSSR count). The molecule has 0 saturated carbocycles. The Balaban J connectivity index is 1.37. The normalized spacial score (nSPS) is 22.2. The molecule has 2 amide bonds. The lowest BCUT2D eigenvalue weighted by molar-refractivity contribution is -0.750. The van der Waals surface area contributed by atoms with Crippen LogP contribution in [0, 0.1) is 5.92 Å². The molecule has 10 nitrogen and oxygen atoms in total. The minimum absolute atomic E-state index is 0.0138. The maximum absolute atomic E-state index is 13.0. The van der Waals surface area contributed by atoms with E-state index in [9.17, 15) is 22.8 Å². The third-order valence-electron chi connectivity index (χ3n) is 6.95. The summed E-state index contributed by atoms with van der Waals surface area (Å²) in [5.41, 5.74) is 0.607.